The van der Waals surface area contributed by atoms with Crippen LogP contribution in [0.25, 0.3) is 28.5 Å². The highest BCUT2D eigenvalue weighted by molar-refractivity contribution is 5.58. The molecule has 0 N–H and O–H groups in total. The van der Waals surface area contributed by atoms with Crippen molar-refractivity contribution in [3.8, 4) is 28.5 Å². The van der Waals surface area contributed by atoms with E-state index in [-0.39, 0.29) is 0 Å². The molecular weight excluding hydrogens is 426 g/mol. The number of para-hydroxylation sites is 1. The van der Waals surface area contributed by atoms with Crippen LogP contribution in [0.1, 0.15) is 22.6 Å². The van der Waals surface area contributed by atoms with Crippen LogP contribution in [0.2, 0.25) is 0 Å². The standard InChI is InChI=1S/C26H23N7O/c1-18-7-8-24(34-18)25-21(16-33(31-25)22-5-3-2-4-6-22)15-32-10-9-23-20(14-32)13-29-26(30-23)19-11-27-17-28-12-19/h2-8,11-13,16-17H,9-10,14-15H2,1H3. The molecule has 0 unspecified atom stereocenters. The average Bonchev–Trinajstić information content (AvgIpc) is 3.51. The number of aromatic nitrogens is 6. The van der Waals surface area contributed by atoms with Gasteiger partial charge in [0, 0.05) is 62.0 Å². The summed E-state index contributed by atoms with van der Waals surface area (Å²) in [7, 11) is 0. The first-order valence-electron chi connectivity index (χ1n) is 11.3. The maximum atomic E-state index is 5.94. The van der Waals surface area contributed by atoms with Crippen molar-refractivity contribution in [3.05, 3.63) is 96.2 Å². The molecule has 1 aliphatic rings. The summed E-state index contributed by atoms with van der Waals surface area (Å²) >= 11 is 0. The smallest absolute Gasteiger partial charge is 0.162 e. The Bertz CT molecular complexity index is 1430. The minimum absolute atomic E-state index is 0.674. The second-order valence-electron chi connectivity index (χ2n) is 8.45. The first-order chi connectivity index (χ1) is 16.7. The van der Waals surface area contributed by atoms with Gasteiger partial charge >= 0.3 is 0 Å². The number of rotatable bonds is 5. The third-order valence-electron chi connectivity index (χ3n) is 6.01. The molecule has 6 rings (SSSR count). The van der Waals surface area contributed by atoms with Crippen LogP contribution in [0.15, 0.2) is 78.0 Å². The van der Waals surface area contributed by atoms with E-state index in [0.717, 1.165) is 71.3 Å². The van der Waals surface area contributed by atoms with Crippen molar-refractivity contribution in [1.29, 1.82) is 0 Å². The van der Waals surface area contributed by atoms with Crippen molar-refractivity contribution in [1.82, 2.24) is 34.6 Å². The topological polar surface area (TPSA) is 85.8 Å². The molecule has 1 aliphatic heterocycles. The van der Waals surface area contributed by atoms with E-state index in [0.29, 0.717) is 5.82 Å². The Balaban J connectivity index is 1.27. The van der Waals surface area contributed by atoms with Gasteiger partial charge < -0.3 is 4.42 Å². The summed E-state index contributed by atoms with van der Waals surface area (Å²) in [4.78, 5) is 19.9. The number of benzene rings is 1. The number of fused-ring (bicyclic) bond motifs is 1. The molecule has 1 aromatic carbocycles. The van der Waals surface area contributed by atoms with Crippen molar-refractivity contribution in [2.45, 2.75) is 26.4 Å². The lowest BCUT2D eigenvalue weighted by atomic mass is 10.1. The predicted molar refractivity (Wildman–Crippen MR) is 127 cm³/mol. The van der Waals surface area contributed by atoms with Gasteiger partial charge in [0.15, 0.2) is 11.6 Å². The zero-order chi connectivity index (χ0) is 22.9. The SMILES string of the molecule is Cc1ccc(-c2nn(-c3ccccc3)cc2CN2CCc3nc(-c4cncnc4)ncc3C2)o1. The lowest BCUT2D eigenvalue weighted by Gasteiger charge is -2.27. The molecule has 8 nitrogen and oxygen atoms in total. The number of aryl methyl sites for hydroxylation is 1. The second kappa shape index (κ2) is 8.64. The summed E-state index contributed by atoms with van der Waals surface area (Å²) in [5.74, 6) is 2.34. The van der Waals surface area contributed by atoms with Gasteiger partial charge in [0.25, 0.3) is 0 Å². The summed E-state index contributed by atoms with van der Waals surface area (Å²) in [6, 6.07) is 14.1. The molecule has 0 fully saturated rings. The normalized spacial score (nSPS) is 13.7. The van der Waals surface area contributed by atoms with Gasteiger partial charge in [0.1, 0.15) is 17.8 Å². The Morgan fingerprint density at radius 3 is 2.65 bits per heavy atom. The second-order valence-corrected chi connectivity index (χ2v) is 8.45. The molecule has 0 atom stereocenters. The largest absolute Gasteiger partial charge is 0.460 e. The molecule has 0 aliphatic carbocycles. The fourth-order valence-electron chi connectivity index (χ4n) is 4.31. The lowest BCUT2D eigenvalue weighted by molar-refractivity contribution is 0.243. The summed E-state index contributed by atoms with van der Waals surface area (Å²) < 4.78 is 7.86. The Labute approximate surface area is 197 Å². The van der Waals surface area contributed by atoms with Crippen LogP contribution in [0, 0.1) is 6.92 Å². The molecule has 5 heterocycles. The summed E-state index contributed by atoms with van der Waals surface area (Å²) in [5.41, 5.74) is 6.09. The number of hydrogen-bond acceptors (Lipinski definition) is 7. The molecule has 5 aromatic rings. The summed E-state index contributed by atoms with van der Waals surface area (Å²) in [6.45, 7) is 4.40. The van der Waals surface area contributed by atoms with E-state index in [1.165, 1.54) is 6.33 Å². The molecular formula is C26H23N7O. The number of furan rings is 1. The minimum Gasteiger partial charge on any atom is -0.460 e. The van der Waals surface area contributed by atoms with Crippen LogP contribution >= 0.6 is 0 Å². The third kappa shape index (κ3) is 3.99. The monoisotopic (exact) mass is 449 g/mol. The minimum atomic E-state index is 0.674. The molecule has 34 heavy (non-hydrogen) atoms. The fourth-order valence-corrected chi connectivity index (χ4v) is 4.31. The average molecular weight is 450 g/mol. The van der Waals surface area contributed by atoms with Crippen LogP contribution in [-0.2, 0) is 19.5 Å². The van der Waals surface area contributed by atoms with E-state index < -0.39 is 0 Å². The molecule has 0 saturated carbocycles. The zero-order valence-electron chi connectivity index (χ0n) is 18.8. The molecule has 168 valence electrons. The van der Waals surface area contributed by atoms with Crippen molar-refractivity contribution >= 4 is 0 Å². The van der Waals surface area contributed by atoms with Gasteiger partial charge in [-0.15, -0.1) is 0 Å². The zero-order valence-corrected chi connectivity index (χ0v) is 18.8. The highest BCUT2D eigenvalue weighted by Gasteiger charge is 2.22. The van der Waals surface area contributed by atoms with Gasteiger partial charge in [-0.05, 0) is 31.2 Å². The first-order valence-corrected chi connectivity index (χ1v) is 11.3. The van der Waals surface area contributed by atoms with Crippen LogP contribution in [0.3, 0.4) is 0 Å². The van der Waals surface area contributed by atoms with Crippen LogP contribution in [0.5, 0.6) is 0 Å². The van der Waals surface area contributed by atoms with Crippen LogP contribution in [-0.4, -0.2) is 41.2 Å². The highest BCUT2D eigenvalue weighted by Crippen LogP contribution is 2.28. The summed E-state index contributed by atoms with van der Waals surface area (Å²) in [6.07, 6.45) is 9.89. The molecule has 0 amide bonds. The lowest BCUT2D eigenvalue weighted by Crippen LogP contribution is -2.31. The van der Waals surface area contributed by atoms with Crippen molar-refractivity contribution in [3.63, 3.8) is 0 Å². The highest BCUT2D eigenvalue weighted by atomic mass is 16.3. The molecule has 0 spiro atoms. The molecule has 4 aromatic heterocycles. The predicted octanol–water partition coefficient (Wildman–Crippen LogP) is 4.25. The quantitative estimate of drug-likeness (QED) is 0.397. The Hall–Kier alpha value is -4.17. The van der Waals surface area contributed by atoms with Crippen molar-refractivity contribution < 1.29 is 4.42 Å². The van der Waals surface area contributed by atoms with E-state index in [1.54, 1.807) is 12.4 Å². The maximum absolute atomic E-state index is 5.94. The molecule has 0 radical (unpaired) electrons. The fraction of sp³-hybridized carbons (Fsp3) is 0.192. The van der Waals surface area contributed by atoms with E-state index in [4.69, 9.17) is 14.5 Å². The van der Waals surface area contributed by atoms with E-state index in [1.807, 2.05) is 48.1 Å². The maximum Gasteiger partial charge on any atom is 0.162 e. The van der Waals surface area contributed by atoms with Gasteiger partial charge in [0.05, 0.1) is 16.9 Å². The molecule has 0 bridgehead atoms. The Morgan fingerprint density at radius 2 is 1.85 bits per heavy atom. The molecule has 8 heteroatoms. The van der Waals surface area contributed by atoms with E-state index in [9.17, 15) is 0 Å². The van der Waals surface area contributed by atoms with Crippen LogP contribution < -0.4 is 0 Å². The van der Waals surface area contributed by atoms with E-state index >= 15 is 0 Å². The van der Waals surface area contributed by atoms with Crippen molar-refractivity contribution in [2.75, 3.05) is 6.54 Å². The van der Waals surface area contributed by atoms with Gasteiger partial charge in [-0.25, -0.2) is 24.6 Å². The Morgan fingerprint density at radius 1 is 1.00 bits per heavy atom. The first kappa shape index (κ1) is 20.4. The third-order valence-corrected chi connectivity index (χ3v) is 6.01. The van der Waals surface area contributed by atoms with Crippen molar-refractivity contribution in [2.24, 2.45) is 0 Å². The van der Waals surface area contributed by atoms with E-state index in [2.05, 4.69) is 38.2 Å². The number of nitrogens with zero attached hydrogens (tertiary/aromatic N) is 7. The van der Waals surface area contributed by atoms with Gasteiger partial charge in [-0.2, -0.15) is 5.10 Å². The van der Waals surface area contributed by atoms with Crippen LogP contribution in [0.4, 0.5) is 0 Å². The van der Waals surface area contributed by atoms with Gasteiger partial charge in [-0.3, -0.25) is 4.90 Å². The van der Waals surface area contributed by atoms with Gasteiger partial charge in [-0.1, -0.05) is 18.2 Å². The summed E-state index contributed by atoms with van der Waals surface area (Å²) in [5, 5.41) is 4.88. The van der Waals surface area contributed by atoms with Gasteiger partial charge in [0.2, 0.25) is 0 Å². The number of hydrogen-bond donors (Lipinski definition) is 0. The Kier molecular flexibility index (Phi) is 5.20. The molecule has 0 saturated heterocycles.